The maximum Gasteiger partial charge on any atom is 0.159 e. The number of nitrogens with zero attached hydrogens (tertiary/aromatic N) is 4. The van der Waals surface area contributed by atoms with Gasteiger partial charge in [0, 0.05) is 39.9 Å². The van der Waals surface area contributed by atoms with Crippen LogP contribution < -0.4 is 0 Å². The fourth-order valence-corrected chi connectivity index (χ4v) is 6.56. The van der Waals surface area contributed by atoms with E-state index in [-0.39, 0.29) is 0 Å². The Morgan fingerprint density at radius 1 is 0.312 bits per heavy atom. The quantitative estimate of drug-likeness (QED) is 0.181. The van der Waals surface area contributed by atoms with Gasteiger partial charge in [-0.25, -0.2) is 19.9 Å². The maximum absolute atomic E-state index is 5.14. The van der Waals surface area contributed by atoms with Gasteiger partial charge >= 0.3 is 0 Å². The first kappa shape index (κ1) is 27.8. The molecular weight excluding hydrogens is 585 g/mol. The van der Waals surface area contributed by atoms with E-state index in [0.29, 0.717) is 0 Å². The normalized spacial score (nSPS) is 11.3. The fourth-order valence-electron chi connectivity index (χ4n) is 6.56. The van der Waals surface area contributed by atoms with Crippen molar-refractivity contribution in [2.45, 2.75) is 0 Å². The Morgan fingerprint density at radius 2 is 0.771 bits per heavy atom. The highest BCUT2D eigenvalue weighted by atomic mass is 14.9. The van der Waals surface area contributed by atoms with Crippen molar-refractivity contribution in [3.05, 3.63) is 170 Å². The SMILES string of the molecule is c1ccc(-c2ccc3ccc4ccc(-c5ccc(-c6ccc(-c7ccc(-c8ncccn8)c8ccccc78)cc6)cc5)nc4c3n2)cc1. The zero-order valence-corrected chi connectivity index (χ0v) is 26.0. The summed E-state index contributed by atoms with van der Waals surface area (Å²) in [6.07, 6.45) is 3.57. The molecule has 0 aliphatic heterocycles. The summed E-state index contributed by atoms with van der Waals surface area (Å²) in [7, 11) is 0. The second-order valence-corrected chi connectivity index (χ2v) is 11.9. The van der Waals surface area contributed by atoms with Gasteiger partial charge < -0.3 is 0 Å². The molecule has 48 heavy (non-hydrogen) atoms. The van der Waals surface area contributed by atoms with E-state index in [2.05, 4.69) is 143 Å². The van der Waals surface area contributed by atoms with Crippen LogP contribution in [0.15, 0.2) is 170 Å². The maximum atomic E-state index is 5.14. The lowest BCUT2D eigenvalue weighted by Crippen LogP contribution is -1.91. The van der Waals surface area contributed by atoms with Crippen molar-refractivity contribution in [2.75, 3.05) is 0 Å². The van der Waals surface area contributed by atoms with Gasteiger partial charge in [0.15, 0.2) is 5.82 Å². The Balaban J connectivity index is 1.02. The molecule has 0 fully saturated rings. The van der Waals surface area contributed by atoms with Gasteiger partial charge in [-0.3, -0.25) is 0 Å². The molecule has 6 aromatic carbocycles. The first-order valence-electron chi connectivity index (χ1n) is 16.0. The van der Waals surface area contributed by atoms with Gasteiger partial charge in [-0.1, -0.05) is 133 Å². The van der Waals surface area contributed by atoms with Crippen molar-refractivity contribution in [3.63, 3.8) is 0 Å². The molecule has 9 rings (SSSR count). The van der Waals surface area contributed by atoms with Crippen molar-refractivity contribution in [2.24, 2.45) is 0 Å². The average molecular weight is 613 g/mol. The van der Waals surface area contributed by atoms with Gasteiger partial charge in [-0.15, -0.1) is 0 Å². The number of hydrogen-bond acceptors (Lipinski definition) is 4. The molecule has 0 saturated heterocycles. The van der Waals surface area contributed by atoms with Crippen LogP contribution in [0.3, 0.4) is 0 Å². The zero-order chi connectivity index (χ0) is 31.9. The molecule has 3 aromatic heterocycles. The Kier molecular flexibility index (Phi) is 6.76. The molecule has 0 atom stereocenters. The van der Waals surface area contributed by atoms with Gasteiger partial charge in [0.25, 0.3) is 0 Å². The molecule has 0 saturated carbocycles. The lowest BCUT2D eigenvalue weighted by Gasteiger charge is -2.12. The molecule has 0 bridgehead atoms. The largest absolute Gasteiger partial charge is 0.245 e. The molecule has 0 N–H and O–H groups in total. The molecule has 3 heterocycles. The number of aromatic nitrogens is 4. The van der Waals surface area contributed by atoms with E-state index in [9.17, 15) is 0 Å². The number of benzene rings is 6. The minimum absolute atomic E-state index is 0.736. The number of rotatable bonds is 5. The highest BCUT2D eigenvalue weighted by Gasteiger charge is 2.12. The fraction of sp³-hybridized carbons (Fsp3) is 0. The standard InChI is InChI=1S/C44H28N4/c1-2-7-32(8-3-1)40-25-21-34-19-20-35-22-26-41(48-43(35)42(34)47-40)33-17-13-30(14-18-33)29-11-15-31(16-12-29)36-23-24-39(44-45-27-6-28-46-44)38-10-5-4-9-37(36)38/h1-28H. The summed E-state index contributed by atoms with van der Waals surface area (Å²) in [6, 6.07) is 55.1. The Morgan fingerprint density at radius 3 is 1.38 bits per heavy atom. The topological polar surface area (TPSA) is 51.6 Å². The lowest BCUT2D eigenvalue weighted by molar-refractivity contribution is 1.18. The van der Waals surface area contributed by atoms with Crippen LogP contribution in [-0.2, 0) is 0 Å². The summed E-state index contributed by atoms with van der Waals surface area (Å²) >= 11 is 0. The van der Waals surface area contributed by atoms with Crippen molar-refractivity contribution in [1.29, 1.82) is 0 Å². The summed E-state index contributed by atoms with van der Waals surface area (Å²) in [5, 5.41) is 4.49. The Bertz CT molecular complexity index is 2580. The third-order valence-electron chi connectivity index (χ3n) is 9.03. The van der Waals surface area contributed by atoms with Gasteiger partial charge in [0.2, 0.25) is 0 Å². The summed E-state index contributed by atoms with van der Waals surface area (Å²) in [4.78, 5) is 19.2. The monoisotopic (exact) mass is 612 g/mol. The zero-order valence-electron chi connectivity index (χ0n) is 26.0. The van der Waals surface area contributed by atoms with Crippen LogP contribution in [0.2, 0.25) is 0 Å². The summed E-state index contributed by atoms with van der Waals surface area (Å²) in [5.41, 5.74) is 11.6. The van der Waals surface area contributed by atoms with Crippen molar-refractivity contribution < 1.29 is 0 Å². The van der Waals surface area contributed by atoms with E-state index >= 15 is 0 Å². The lowest BCUT2D eigenvalue weighted by atomic mass is 9.93. The number of fused-ring (bicyclic) bond motifs is 4. The van der Waals surface area contributed by atoms with Crippen LogP contribution in [0.1, 0.15) is 0 Å². The predicted molar refractivity (Wildman–Crippen MR) is 197 cm³/mol. The van der Waals surface area contributed by atoms with Crippen molar-refractivity contribution in [1.82, 2.24) is 19.9 Å². The van der Waals surface area contributed by atoms with E-state index in [0.717, 1.165) is 66.7 Å². The molecule has 0 unspecified atom stereocenters. The molecule has 224 valence electrons. The van der Waals surface area contributed by atoms with Crippen molar-refractivity contribution >= 4 is 32.6 Å². The smallest absolute Gasteiger partial charge is 0.159 e. The van der Waals surface area contributed by atoms with Gasteiger partial charge in [-0.2, -0.15) is 0 Å². The molecule has 4 heteroatoms. The first-order chi connectivity index (χ1) is 23.8. The van der Waals surface area contributed by atoms with E-state index in [4.69, 9.17) is 9.97 Å². The van der Waals surface area contributed by atoms with Crippen LogP contribution >= 0.6 is 0 Å². The summed E-state index contributed by atoms with van der Waals surface area (Å²) < 4.78 is 0. The Labute approximate surface area is 278 Å². The molecule has 0 radical (unpaired) electrons. The highest BCUT2D eigenvalue weighted by Crippen LogP contribution is 2.36. The van der Waals surface area contributed by atoms with E-state index in [1.165, 1.54) is 22.1 Å². The predicted octanol–water partition coefficient (Wildman–Crippen LogP) is 11.1. The third-order valence-corrected chi connectivity index (χ3v) is 9.03. The van der Waals surface area contributed by atoms with Gasteiger partial charge in [0.05, 0.1) is 22.4 Å². The van der Waals surface area contributed by atoms with E-state index in [1.54, 1.807) is 12.4 Å². The summed E-state index contributed by atoms with van der Waals surface area (Å²) in [6.45, 7) is 0. The third kappa shape index (κ3) is 4.97. The van der Waals surface area contributed by atoms with Gasteiger partial charge in [0.1, 0.15) is 0 Å². The second kappa shape index (κ2) is 11.7. The molecular formula is C44H28N4. The van der Waals surface area contributed by atoms with Crippen LogP contribution in [0, 0.1) is 0 Å². The molecule has 0 aliphatic carbocycles. The second-order valence-electron chi connectivity index (χ2n) is 11.9. The highest BCUT2D eigenvalue weighted by molar-refractivity contribution is 6.05. The Hall–Kier alpha value is -6.52. The van der Waals surface area contributed by atoms with Crippen LogP contribution in [-0.4, -0.2) is 19.9 Å². The average Bonchev–Trinajstić information content (AvgIpc) is 3.18. The van der Waals surface area contributed by atoms with Crippen LogP contribution in [0.25, 0.3) is 88.7 Å². The first-order valence-corrected chi connectivity index (χ1v) is 16.0. The minimum atomic E-state index is 0.736. The molecule has 9 aromatic rings. The minimum Gasteiger partial charge on any atom is -0.245 e. The number of hydrogen-bond donors (Lipinski definition) is 0. The van der Waals surface area contributed by atoms with Gasteiger partial charge in [-0.05, 0) is 57.3 Å². The van der Waals surface area contributed by atoms with Crippen molar-refractivity contribution in [3.8, 4) is 56.2 Å². The summed E-state index contributed by atoms with van der Waals surface area (Å²) in [5.74, 6) is 0.736. The number of pyridine rings is 2. The van der Waals surface area contributed by atoms with E-state index in [1.807, 2.05) is 24.3 Å². The molecule has 4 nitrogen and oxygen atoms in total. The molecule has 0 spiro atoms. The molecule has 0 amide bonds. The molecule has 0 aliphatic rings. The van der Waals surface area contributed by atoms with E-state index < -0.39 is 0 Å². The van der Waals surface area contributed by atoms with Crippen LogP contribution in [0.4, 0.5) is 0 Å². The van der Waals surface area contributed by atoms with Crippen LogP contribution in [0.5, 0.6) is 0 Å².